The van der Waals surface area contributed by atoms with Crippen molar-refractivity contribution in [2.24, 2.45) is 0 Å². The molecule has 0 bridgehead atoms. The number of nitrogens with one attached hydrogen (secondary N) is 3. The van der Waals surface area contributed by atoms with Crippen LogP contribution in [0.3, 0.4) is 0 Å². The second kappa shape index (κ2) is 8.31. The number of nitrogens with zero attached hydrogens (tertiary/aromatic N) is 1. The molecule has 6 nitrogen and oxygen atoms in total. The molecule has 27 heavy (non-hydrogen) atoms. The van der Waals surface area contributed by atoms with Crippen LogP contribution in [0.5, 0.6) is 0 Å². The molecule has 3 rings (SSSR count). The average Bonchev–Trinajstić information content (AvgIpc) is 3.06. The molecule has 0 aliphatic heterocycles. The van der Waals surface area contributed by atoms with E-state index in [-0.39, 0.29) is 18.2 Å². The fourth-order valence-corrected chi connectivity index (χ4v) is 2.70. The first kappa shape index (κ1) is 18.4. The third-order valence-corrected chi connectivity index (χ3v) is 4.12. The lowest BCUT2D eigenvalue weighted by Crippen LogP contribution is -2.25. The van der Waals surface area contributed by atoms with Gasteiger partial charge in [-0.05, 0) is 37.6 Å². The summed E-state index contributed by atoms with van der Waals surface area (Å²) in [6.45, 7) is 4.32. The van der Waals surface area contributed by atoms with Gasteiger partial charge < -0.3 is 10.6 Å². The van der Waals surface area contributed by atoms with Gasteiger partial charge in [-0.2, -0.15) is 5.10 Å². The summed E-state index contributed by atoms with van der Waals surface area (Å²) in [5.74, 6) is -0.456. The van der Waals surface area contributed by atoms with Crippen LogP contribution in [-0.4, -0.2) is 22.0 Å². The molecular weight excluding hydrogens is 340 g/mol. The Morgan fingerprint density at radius 1 is 1.04 bits per heavy atom. The highest BCUT2D eigenvalue weighted by molar-refractivity contribution is 6.04. The predicted octanol–water partition coefficient (Wildman–Crippen LogP) is 3.14. The highest BCUT2D eigenvalue weighted by Gasteiger charge is 2.14. The van der Waals surface area contributed by atoms with Crippen molar-refractivity contribution in [3.63, 3.8) is 0 Å². The molecule has 1 aromatic heterocycles. The van der Waals surface area contributed by atoms with Crippen molar-refractivity contribution < 1.29 is 9.59 Å². The summed E-state index contributed by atoms with van der Waals surface area (Å²) >= 11 is 0. The van der Waals surface area contributed by atoms with E-state index >= 15 is 0 Å². The number of hydrogen-bond donors (Lipinski definition) is 3. The van der Waals surface area contributed by atoms with Gasteiger partial charge in [-0.15, -0.1) is 0 Å². The Labute approximate surface area is 158 Å². The Morgan fingerprint density at radius 2 is 1.78 bits per heavy atom. The number of aromatic amines is 1. The van der Waals surface area contributed by atoms with E-state index in [0.29, 0.717) is 23.5 Å². The molecular formula is C21H22N4O2. The van der Waals surface area contributed by atoms with Gasteiger partial charge in [0.05, 0.1) is 23.4 Å². The Kier molecular flexibility index (Phi) is 5.66. The zero-order chi connectivity index (χ0) is 19.2. The number of carbonyl (C=O) groups is 2. The minimum absolute atomic E-state index is 0.143. The van der Waals surface area contributed by atoms with Gasteiger partial charge in [0.1, 0.15) is 0 Å². The number of aromatic nitrogens is 2. The normalized spacial score (nSPS) is 10.4. The highest BCUT2D eigenvalue weighted by Crippen LogP contribution is 2.16. The van der Waals surface area contributed by atoms with Crippen LogP contribution in [-0.2, 0) is 17.8 Å². The molecule has 0 spiro atoms. The summed E-state index contributed by atoms with van der Waals surface area (Å²) in [5, 5.41) is 12.6. The van der Waals surface area contributed by atoms with E-state index in [9.17, 15) is 9.59 Å². The number of benzene rings is 2. The van der Waals surface area contributed by atoms with Gasteiger partial charge in [0.15, 0.2) is 0 Å². The van der Waals surface area contributed by atoms with E-state index in [1.165, 1.54) is 5.56 Å². The molecule has 0 saturated carbocycles. The largest absolute Gasteiger partial charge is 0.348 e. The van der Waals surface area contributed by atoms with Crippen molar-refractivity contribution in [3.05, 3.63) is 82.7 Å². The highest BCUT2D eigenvalue weighted by atomic mass is 16.2. The number of hydrogen-bond acceptors (Lipinski definition) is 3. The van der Waals surface area contributed by atoms with Crippen molar-refractivity contribution in [2.75, 3.05) is 5.32 Å². The maximum absolute atomic E-state index is 12.6. The number of H-pyrrole nitrogens is 1. The number of aryl methyl sites for hydroxylation is 2. The van der Waals surface area contributed by atoms with Gasteiger partial charge in [-0.3, -0.25) is 14.7 Å². The molecule has 0 aliphatic rings. The first-order chi connectivity index (χ1) is 13.0. The number of para-hydroxylation sites is 1. The van der Waals surface area contributed by atoms with Crippen molar-refractivity contribution >= 4 is 17.5 Å². The monoisotopic (exact) mass is 362 g/mol. The van der Waals surface area contributed by atoms with Gasteiger partial charge in [0.25, 0.3) is 5.91 Å². The minimum atomic E-state index is -0.234. The van der Waals surface area contributed by atoms with Crippen LogP contribution >= 0.6 is 0 Å². The van der Waals surface area contributed by atoms with E-state index in [1.807, 2.05) is 44.2 Å². The lowest BCUT2D eigenvalue weighted by Gasteiger charge is -2.11. The topological polar surface area (TPSA) is 86.9 Å². The minimum Gasteiger partial charge on any atom is -0.348 e. The molecule has 2 amide bonds. The van der Waals surface area contributed by atoms with Crippen LogP contribution in [0.15, 0.2) is 54.6 Å². The van der Waals surface area contributed by atoms with Gasteiger partial charge in [0.2, 0.25) is 5.91 Å². The van der Waals surface area contributed by atoms with Crippen LogP contribution in [0, 0.1) is 13.8 Å². The van der Waals surface area contributed by atoms with Gasteiger partial charge in [0, 0.05) is 12.2 Å². The number of carbonyl (C=O) groups excluding carboxylic acids is 2. The van der Waals surface area contributed by atoms with Crippen molar-refractivity contribution in [1.82, 2.24) is 15.5 Å². The molecule has 0 unspecified atom stereocenters. The van der Waals surface area contributed by atoms with Crippen LogP contribution in [0.1, 0.15) is 32.9 Å². The molecule has 0 saturated heterocycles. The summed E-state index contributed by atoms with van der Waals surface area (Å²) in [7, 11) is 0. The Morgan fingerprint density at radius 3 is 2.48 bits per heavy atom. The number of rotatable bonds is 6. The van der Waals surface area contributed by atoms with Crippen LogP contribution in [0.25, 0.3) is 0 Å². The molecule has 3 aromatic rings. The Balaban J connectivity index is 1.64. The zero-order valence-electron chi connectivity index (χ0n) is 15.4. The smallest absolute Gasteiger partial charge is 0.253 e. The second-order valence-corrected chi connectivity index (χ2v) is 6.48. The summed E-state index contributed by atoms with van der Waals surface area (Å²) in [5.41, 5.74) is 4.65. The number of anilines is 1. The van der Waals surface area contributed by atoms with E-state index in [4.69, 9.17) is 0 Å². The molecule has 0 aliphatic carbocycles. The van der Waals surface area contributed by atoms with Crippen LogP contribution in [0.2, 0.25) is 0 Å². The molecule has 6 heteroatoms. The lowest BCUT2D eigenvalue weighted by molar-refractivity contribution is -0.115. The molecule has 0 radical (unpaired) electrons. The van der Waals surface area contributed by atoms with E-state index in [1.54, 1.807) is 24.3 Å². The average molecular weight is 362 g/mol. The maximum Gasteiger partial charge on any atom is 0.253 e. The first-order valence-electron chi connectivity index (χ1n) is 8.75. The van der Waals surface area contributed by atoms with E-state index in [0.717, 1.165) is 11.3 Å². The fourth-order valence-electron chi connectivity index (χ4n) is 2.70. The fraction of sp³-hybridized carbons (Fsp3) is 0.190. The molecule has 1 heterocycles. The molecule has 0 atom stereocenters. The number of amides is 2. The SMILES string of the molecule is Cc1ccc(CNC(=O)c2ccccc2NC(=O)Cc2cc(C)[nH]n2)cc1. The standard InChI is InChI=1S/C21H22N4O2/c1-14-7-9-16(10-8-14)13-22-21(27)18-5-3-4-6-19(18)23-20(26)12-17-11-15(2)24-25-17/h3-11H,12-13H2,1-2H3,(H,22,27)(H,23,26)(H,24,25). The van der Waals surface area contributed by atoms with Gasteiger partial charge in [-0.25, -0.2) is 0 Å². The van der Waals surface area contributed by atoms with E-state index < -0.39 is 0 Å². The van der Waals surface area contributed by atoms with E-state index in [2.05, 4.69) is 20.8 Å². The zero-order valence-corrected chi connectivity index (χ0v) is 15.4. The lowest BCUT2D eigenvalue weighted by atomic mass is 10.1. The Hall–Kier alpha value is -3.41. The van der Waals surface area contributed by atoms with Crippen molar-refractivity contribution in [3.8, 4) is 0 Å². The molecule has 3 N–H and O–H groups in total. The predicted molar refractivity (Wildman–Crippen MR) is 104 cm³/mol. The van der Waals surface area contributed by atoms with Crippen LogP contribution < -0.4 is 10.6 Å². The third kappa shape index (κ3) is 5.04. The maximum atomic E-state index is 12.6. The summed E-state index contributed by atoms with van der Waals surface area (Å²) < 4.78 is 0. The molecule has 0 fully saturated rings. The van der Waals surface area contributed by atoms with Gasteiger partial charge in [-0.1, -0.05) is 42.0 Å². The molecule has 138 valence electrons. The second-order valence-electron chi connectivity index (χ2n) is 6.48. The quantitative estimate of drug-likeness (QED) is 0.630. The van der Waals surface area contributed by atoms with Crippen molar-refractivity contribution in [2.45, 2.75) is 26.8 Å². The summed E-state index contributed by atoms with van der Waals surface area (Å²) in [6.07, 6.45) is 0.143. The Bertz CT molecular complexity index is 945. The third-order valence-electron chi connectivity index (χ3n) is 4.12. The molecule has 2 aromatic carbocycles. The summed E-state index contributed by atoms with van der Waals surface area (Å²) in [6, 6.07) is 16.8. The first-order valence-corrected chi connectivity index (χ1v) is 8.75. The summed E-state index contributed by atoms with van der Waals surface area (Å²) in [4.78, 5) is 24.8. The van der Waals surface area contributed by atoms with Crippen LogP contribution in [0.4, 0.5) is 5.69 Å². The van der Waals surface area contributed by atoms with Gasteiger partial charge >= 0.3 is 0 Å². The van der Waals surface area contributed by atoms with Crippen molar-refractivity contribution in [1.29, 1.82) is 0 Å².